The number of β-amino-alcohol motifs (C(OH)–C–C–N with tert-alkyl or cyclic N) is 1. The van der Waals surface area contributed by atoms with Gasteiger partial charge in [-0.15, -0.1) is 0 Å². The number of rotatable bonds is 9. The molecule has 3 aliphatic rings. The first kappa shape index (κ1) is 30.0. The van der Waals surface area contributed by atoms with E-state index in [0.717, 1.165) is 54.0 Å². The van der Waals surface area contributed by atoms with Crippen molar-refractivity contribution in [2.45, 2.75) is 12.7 Å². The van der Waals surface area contributed by atoms with E-state index in [-0.39, 0.29) is 50.0 Å². The molecule has 6 rings (SSSR count). The van der Waals surface area contributed by atoms with Gasteiger partial charge in [0.1, 0.15) is 0 Å². The number of ether oxygens (including phenoxy) is 3. The molecule has 0 spiro atoms. The second-order valence-electron chi connectivity index (χ2n) is 9.97. The molecule has 0 aromatic heterocycles. The topological polar surface area (TPSA) is 91.8 Å². The monoisotopic (exact) mass is 587 g/mol. The van der Waals surface area contributed by atoms with Crippen LogP contribution in [0.4, 0.5) is 0 Å². The Hall–Kier alpha value is -2.92. The Bertz CT molecular complexity index is 1310. The molecule has 3 aliphatic heterocycles. The van der Waals surface area contributed by atoms with Gasteiger partial charge in [-0.2, -0.15) is 0 Å². The number of nitrogens with zero attached hydrogens (tertiary/aromatic N) is 3. The van der Waals surface area contributed by atoms with Gasteiger partial charge in [0.25, 0.3) is 11.8 Å². The molecule has 9 nitrogen and oxygen atoms in total. The van der Waals surface area contributed by atoms with Crippen LogP contribution in [0.25, 0.3) is 10.8 Å². The Morgan fingerprint density at radius 1 is 0.825 bits per heavy atom. The number of imide groups is 1. The first-order chi connectivity index (χ1) is 18.6. The summed E-state index contributed by atoms with van der Waals surface area (Å²) in [6, 6.07) is 16.9. The van der Waals surface area contributed by atoms with Crippen molar-refractivity contribution < 1.29 is 53.7 Å². The summed E-state index contributed by atoms with van der Waals surface area (Å²) in [5, 5.41) is 12.1. The van der Waals surface area contributed by atoms with Crippen molar-refractivity contribution in [1.29, 1.82) is 0 Å². The van der Waals surface area contributed by atoms with E-state index in [1.165, 1.54) is 4.90 Å². The van der Waals surface area contributed by atoms with E-state index in [0.29, 0.717) is 37.4 Å². The van der Waals surface area contributed by atoms with Gasteiger partial charge in [-0.25, -0.2) is 0 Å². The summed E-state index contributed by atoms with van der Waals surface area (Å²) in [6.07, 6.45) is -0.582. The summed E-state index contributed by atoms with van der Waals surface area (Å²) in [4.78, 5) is 32.1. The van der Waals surface area contributed by atoms with Gasteiger partial charge in [-0.3, -0.25) is 24.3 Å². The van der Waals surface area contributed by atoms with Crippen LogP contribution < -0.4 is 34.3 Å². The molecule has 40 heavy (non-hydrogen) atoms. The lowest BCUT2D eigenvalue weighted by molar-refractivity contribution is -0.001000. The maximum absolute atomic E-state index is 13.1. The maximum Gasteiger partial charge on any atom is 0.261 e. The summed E-state index contributed by atoms with van der Waals surface area (Å²) < 4.78 is 16.4. The number of halogens is 2. The van der Waals surface area contributed by atoms with Crippen molar-refractivity contribution in [3.63, 3.8) is 0 Å². The summed E-state index contributed by atoms with van der Waals surface area (Å²) in [7, 11) is 0. The first-order valence-electron chi connectivity index (χ1n) is 13.0. The number of hydrogen-bond donors (Lipinski definition) is 1. The van der Waals surface area contributed by atoms with Gasteiger partial charge < -0.3 is 44.1 Å². The molecule has 3 heterocycles. The van der Waals surface area contributed by atoms with Crippen LogP contribution in [-0.4, -0.2) is 96.9 Å². The molecule has 11 heteroatoms. The standard InChI is InChI=1S/C29H31N3O6.2ClH/c33-22(18-36-17-20-7-8-25-26(15-20)38-19-37-25)16-31-11-9-30(10-12-31)13-14-32-28(34)23-5-1-3-21-4-2-6-24(27(21)23)29(32)35;;/h1-8,15,22,33H,9-14,16-19H2;2*1H/p-2. The SMILES string of the molecule is O=C1c2cccc3cccc(c23)C(=O)N1CCN1CCN(CC(O)COCc2ccc3c(c2)OCO3)CC1.[Cl-].[Cl-]. The zero-order valence-corrected chi connectivity index (χ0v) is 23.4. The number of piperazine rings is 1. The summed E-state index contributed by atoms with van der Waals surface area (Å²) >= 11 is 0. The fourth-order valence-corrected chi connectivity index (χ4v) is 5.41. The smallest absolute Gasteiger partial charge is 0.261 e. The van der Waals surface area contributed by atoms with E-state index in [9.17, 15) is 14.7 Å². The quantitative estimate of drug-likeness (QED) is 0.257. The van der Waals surface area contributed by atoms with Crippen molar-refractivity contribution in [2.75, 3.05) is 59.2 Å². The molecule has 1 N–H and O–H groups in total. The number of fused-ring (bicyclic) bond motifs is 1. The third kappa shape index (κ3) is 6.20. The number of benzene rings is 3. The van der Waals surface area contributed by atoms with Gasteiger partial charge in [0, 0.05) is 62.3 Å². The highest BCUT2D eigenvalue weighted by Gasteiger charge is 2.33. The van der Waals surface area contributed by atoms with Crippen LogP contribution in [0.3, 0.4) is 0 Å². The minimum atomic E-state index is -0.582. The molecule has 1 saturated heterocycles. The predicted octanol–water partition coefficient (Wildman–Crippen LogP) is -3.63. The normalized spacial score (nSPS) is 17.5. The van der Waals surface area contributed by atoms with Crippen LogP contribution in [0.5, 0.6) is 11.5 Å². The lowest BCUT2D eigenvalue weighted by Gasteiger charge is -2.36. The average Bonchev–Trinajstić information content (AvgIpc) is 3.40. The molecule has 0 aliphatic carbocycles. The van der Waals surface area contributed by atoms with Gasteiger partial charge in [-0.05, 0) is 35.2 Å². The summed E-state index contributed by atoms with van der Waals surface area (Å²) in [5.41, 5.74) is 2.16. The number of aliphatic hydroxyl groups is 1. The highest BCUT2D eigenvalue weighted by Crippen LogP contribution is 2.33. The Morgan fingerprint density at radius 2 is 1.48 bits per heavy atom. The zero-order chi connectivity index (χ0) is 26.1. The van der Waals surface area contributed by atoms with E-state index < -0.39 is 6.10 Å². The van der Waals surface area contributed by atoms with E-state index in [2.05, 4.69) is 9.80 Å². The van der Waals surface area contributed by atoms with Crippen molar-refractivity contribution in [2.24, 2.45) is 0 Å². The lowest BCUT2D eigenvalue weighted by atomic mass is 9.94. The van der Waals surface area contributed by atoms with E-state index in [1.54, 1.807) is 12.1 Å². The van der Waals surface area contributed by atoms with Crippen LogP contribution in [0.2, 0.25) is 0 Å². The molecule has 1 atom stereocenters. The first-order valence-corrected chi connectivity index (χ1v) is 13.0. The minimum absolute atomic E-state index is 0. The Morgan fingerprint density at radius 3 is 2.17 bits per heavy atom. The molecular weight excluding hydrogens is 557 g/mol. The summed E-state index contributed by atoms with van der Waals surface area (Å²) in [6.45, 7) is 5.66. The van der Waals surface area contributed by atoms with Gasteiger partial charge in [0.05, 0.1) is 19.3 Å². The number of aliphatic hydroxyl groups excluding tert-OH is 1. The van der Waals surface area contributed by atoms with Crippen molar-refractivity contribution in [1.82, 2.24) is 14.7 Å². The van der Waals surface area contributed by atoms with Crippen molar-refractivity contribution in [3.05, 3.63) is 71.3 Å². The molecule has 3 aromatic rings. The van der Waals surface area contributed by atoms with Crippen LogP contribution in [0.1, 0.15) is 26.3 Å². The fraction of sp³-hybridized carbons (Fsp3) is 0.379. The molecule has 0 saturated carbocycles. The number of hydrogen-bond acceptors (Lipinski definition) is 8. The Balaban J connectivity index is 0.00000185. The minimum Gasteiger partial charge on any atom is -1.00 e. The Labute approximate surface area is 245 Å². The van der Waals surface area contributed by atoms with Crippen molar-refractivity contribution in [3.8, 4) is 11.5 Å². The molecule has 0 bridgehead atoms. The lowest BCUT2D eigenvalue weighted by Crippen LogP contribution is -3.00. The van der Waals surface area contributed by atoms with Crippen LogP contribution >= 0.6 is 0 Å². The Kier molecular flexibility index (Phi) is 9.89. The highest BCUT2D eigenvalue weighted by atomic mass is 35.5. The van der Waals surface area contributed by atoms with Gasteiger partial charge in [0.15, 0.2) is 11.5 Å². The van der Waals surface area contributed by atoms with Gasteiger partial charge in [-0.1, -0.05) is 30.3 Å². The third-order valence-electron chi connectivity index (χ3n) is 7.45. The number of amides is 2. The molecule has 1 unspecified atom stereocenters. The number of carbonyl (C=O) groups is 2. The third-order valence-corrected chi connectivity index (χ3v) is 7.45. The van der Waals surface area contributed by atoms with Crippen LogP contribution in [-0.2, 0) is 11.3 Å². The molecule has 0 radical (unpaired) electrons. The van der Waals surface area contributed by atoms with Gasteiger partial charge in [0.2, 0.25) is 6.79 Å². The second kappa shape index (κ2) is 13.2. The molecule has 3 aromatic carbocycles. The molecule has 2 amide bonds. The van der Waals surface area contributed by atoms with Gasteiger partial charge >= 0.3 is 0 Å². The molecule has 1 fully saturated rings. The van der Waals surface area contributed by atoms with E-state index in [4.69, 9.17) is 14.2 Å². The average molecular weight is 588 g/mol. The van der Waals surface area contributed by atoms with Crippen LogP contribution in [0.15, 0.2) is 54.6 Å². The van der Waals surface area contributed by atoms with E-state index >= 15 is 0 Å². The van der Waals surface area contributed by atoms with E-state index in [1.807, 2.05) is 42.5 Å². The highest BCUT2D eigenvalue weighted by molar-refractivity contribution is 6.25. The maximum atomic E-state index is 13.1. The van der Waals surface area contributed by atoms with Crippen molar-refractivity contribution >= 4 is 22.6 Å². The molecular formula is C29H31Cl2N3O6-2. The summed E-state index contributed by atoms with van der Waals surface area (Å²) in [5.74, 6) is 1.02. The predicted molar refractivity (Wildman–Crippen MR) is 140 cm³/mol. The van der Waals surface area contributed by atoms with Crippen LogP contribution in [0, 0.1) is 0 Å². The fourth-order valence-electron chi connectivity index (χ4n) is 5.41. The number of carbonyl (C=O) groups excluding carboxylic acids is 2. The zero-order valence-electron chi connectivity index (χ0n) is 21.9. The largest absolute Gasteiger partial charge is 1.00 e. The second-order valence-corrected chi connectivity index (χ2v) is 9.97. The molecule has 214 valence electrons.